The molecule has 3 heterocycles. The van der Waals surface area contributed by atoms with Crippen molar-refractivity contribution in [1.82, 2.24) is 25.1 Å². The van der Waals surface area contributed by atoms with Gasteiger partial charge in [0.1, 0.15) is 17.9 Å². The second-order valence-corrected chi connectivity index (χ2v) is 7.28. The first kappa shape index (κ1) is 18.9. The van der Waals surface area contributed by atoms with Crippen LogP contribution in [-0.4, -0.2) is 39.3 Å². The molecule has 4 aromatic rings. The van der Waals surface area contributed by atoms with Crippen molar-refractivity contribution in [3.8, 4) is 5.75 Å². The fourth-order valence-electron chi connectivity index (χ4n) is 2.90. The summed E-state index contributed by atoms with van der Waals surface area (Å²) in [5.41, 5.74) is 1.31. The second-order valence-electron chi connectivity index (χ2n) is 6.24. The fraction of sp³-hybridized carbons (Fsp3) is 0.200. The minimum Gasteiger partial charge on any atom is -0.497 e. The SMILES string of the molecule is COc1ccc(C(=O)NCCn2ncc3c(NCc4cccs4)ncnc32)cc1. The van der Waals surface area contributed by atoms with Crippen molar-refractivity contribution in [2.75, 3.05) is 19.0 Å². The number of anilines is 1. The zero-order chi connectivity index (χ0) is 20.1. The number of hydrogen-bond donors (Lipinski definition) is 2. The molecule has 9 heteroatoms. The molecule has 3 aromatic heterocycles. The summed E-state index contributed by atoms with van der Waals surface area (Å²) in [6.07, 6.45) is 3.27. The van der Waals surface area contributed by atoms with Crippen LogP contribution in [0.25, 0.3) is 11.0 Å². The molecule has 0 fully saturated rings. The van der Waals surface area contributed by atoms with Crippen LogP contribution < -0.4 is 15.4 Å². The van der Waals surface area contributed by atoms with Crippen molar-refractivity contribution in [2.24, 2.45) is 0 Å². The topological polar surface area (TPSA) is 94.0 Å². The summed E-state index contributed by atoms with van der Waals surface area (Å²) in [4.78, 5) is 22.2. The number of methoxy groups -OCH3 is 1. The number of aromatic nitrogens is 4. The third-order valence-corrected chi connectivity index (χ3v) is 5.28. The van der Waals surface area contributed by atoms with E-state index in [9.17, 15) is 4.79 Å². The molecule has 29 heavy (non-hydrogen) atoms. The van der Waals surface area contributed by atoms with Gasteiger partial charge in [-0.25, -0.2) is 14.6 Å². The van der Waals surface area contributed by atoms with Gasteiger partial charge in [-0.2, -0.15) is 5.10 Å². The molecule has 148 valence electrons. The Morgan fingerprint density at radius 2 is 2.07 bits per heavy atom. The highest BCUT2D eigenvalue weighted by Crippen LogP contribution is 2.20. The Morgan fingerprint density at radius 1 is 1.21 bits per heavy atom. The van der Waals surface area contributed by atoms with Crippen LogP contribution in [0.1, 0.15) is 15.2 Å². The molecule has 0 unspecified atom stereocenters. The highest BCUT2D eigenvalue weighted by Gasteiger charge is 2.11. The Hall–Kier alpha value is -3.46. The third-order valence-electron chi connectivity index (χ3n) is 4.41. The van der Waals surface area contributed by atoms with E-state index < -0.39 is 0 Å². The van der Waals surface area contributed by atoms with Gasteiger partial charge in [0.05, 0.1) is 31.8 Å². The van der Waals surface area contributed by atoms with Crippen molar-refractivity contribution in [2.45, 2.75) is 13.1 Å². The van der Waals surface area contributed by atoms with E-state index in [2.05, 4.69) is 31.8 Å². The lowest BCUT2D eigenvalue weighted by Crippen LogP contribution is -2.27. The summed E-state index contributed by atoms with van der Waals surface area (Å²) < 4.78 is 6.87. The largest absolute Gasteiger partial charge is 0.497 e. The van der Waals surface area contributed by atoms with Crippen LogP contribution in [0.4, 0.5) is 5.82 Å². The maximum atomic E-state index is 12.3. The van der Waals surface area contributed by atoms with Crippen molar-refractivity contribution in [1.29, 1.82) is 0 Å². The summed E-state index contributed by atoms with van der Waals surface area (Å²) in [6.45, 7) is 1.64. The molecule has 2 N–H and O–H groups in total. The van der Waals surface area contributed by atoms with E-state index in [1.807, 2.05) is 11.4 Å². The number of rotatable bonds is 8. The Morgan fingerprint density at radius 3 is 2.83 bits per heavy atom. The molecule has 1 amide bonds. The first-order chi connectivity index (χ1) is 14.2. The van der Waals surface area contributed by atoms with Crippen molar-refractivity contribution in [3.63, 3.8) is 0 Å². The van der Waals surface area contributed by atoms with Gasteiger partial charge in [0.25, 0.3) is 5.91 Å². The standard InChI is InChI=1S/C20H20N6O2S/c1-28-15-6-4-14(5-7-15)20(27)21-8-9-26-19-17(12-25-26)18(23-13-24-19)22-11-16-3-2-10-29-16/h2-7,10,12-13H,8-9,11H2,1H3,(H,21,27)(H,22,23,24). The van der Waals surface area contributed by atoms with Gasteiger partial charge in [-0.05, 0) is 35.7 Å². The first-order valence-electron chi connectivity index (χ1n) is 9.09. The van der Waals surface area contributed by atoms with E-state index >= 15 is 0 Å². The number of amides is 1. The number of thiophene rings is 1. The number of benzene rings is 1. The lowest BCUT2D eigenvalue weighted by molar-refractivity contribution is 0.0952. The highest BCUT2D eigenvalue weighted by molar-refractivity contribution is 7.09. The van der Waals surface area contributed by atoms with Gasteiger partial charge < -0.3 is 15.4 Å². The zero-order valence-electron chi connectivity index (χ0n) is 15.8. The Balaban J connectivity index is 1.38. The van der Waals surface area contributed by atoms with E-state index in [1.165, 1.54) is 11.2 Å². The second kappa shape index (κ2) is 8.70. The molecule has 0 bridgehead atoms. The maximum Gasteiger partial charge on any atom is 0.251 e. The fourth-order valence-corrected chi connectivity index (χ4v) is 3.55. The molecular weight excluding hydrogens is 388 g/mol. The summed E-state index contributed by atoms with van der Waals surface area (Å²) >= 11 is 1.69. The van der Waals surface area contributed by atoms with Gasteiger partial charge in [0.2, 0.25) is 0 Å². The van der Waals surface area contributed by atoms with Crippen LogP contribution >= 0.6 is 11.3 Å². The van der Waals surface area contributed by atoms with Gasteiger partial charge in [0, 0.05) is 17.0 Å². The van der Waals surface area contributed by atoms with Crippen molar-refractivity contribution >= 4 is 34.1 Å². The summed E-state index contributed by atoms with van der Waals surface area (Å²) in [5.74, 6) is 1.32. The van der Waals surface area contributed by atoms with E-state index in [1.54, 1.807) is 53.6 Å². The van der Waals surface area contributed by atoms with Gasteiger partial charge >= 0.3 is 0 Å². The maximum absolute atomic E-state index is 12.3. The average Bonchev–Trinajstić information content (AvgIpc) is 3.42. The highest BCUT2D eigenvalue weighted by atomic mass is 32.1. The molecule has 0 saturated heterocycles. The molecule has 0 aliphatic carbocycles. The molecule has 0 spiro atoms. The summed E-state index contributed by atoms with van der Waals surface area (Å²) in [7, 11) is 1.59. The molecule has 1 aromatic carbocycles. The van der Waals surface area contributed by atoms with Gasteiger partial charge in [-0.1, -0.05) is 6.07 Å². The number of carbonyl (C=O) groups excluding carboxylic acids is 1. The van der Waals surface area contributed by atoms with Crippen LogP contribution in [0.3, 0.4) is 0 Å². The van der Waals surface area contributed by atoms with E-state index in [-0.39, 0.29) is 5.91 Å². The zero-order valence-corrected chi connectivity index (χ0v) is 16.6. The van der Waals surface area contributed by atoms with Crippen LogP contribution in [0.15, 0.2) is 54.3 Å². The lowest BCUT2D eigenvalue weighted by atomic mass is 10.2. The number of carbonyl (C=O) groups is 1. The molecule has 0 radical (unpaired) electrons. The van der Waals surface area contributed by atoms with Crippen LogP contribution in [0.5, 0.6) is 5.75 Å². The number of fused-ring (bicyclic) bond motifs is 1. The van der Waals surface area contributed by atoms with Crippen LogP contribution in [0, 0.1) is 0 Å². The van der Waals surface area contributed by atoms with Gasteiger partial charge in [-0.3, -0.25) is 4.79 Å². The first-order valence-corrected chi connectivity index (χ1v) is 9.97. The molecule has 4 rings (SSSR count). The predicted molar refractivity (Wildman–Crippen MR) is 112 cm³/mol. The van der Waals surface area contributed by atoms with E-state index in [4.69, 9.17) is 4.74 Å². The molecule has 0 aliphatic rings. The minimum atomic E-state index is -0.142. The Labute approximate surface area is 171 Å². The molecule has 0 saturated carbocycles. The average molecular weight is 408 g/mol. The smallest absolute Gasteiger partial charge is 0.251 e. The Bertz CT molecular complexity index is 1090. The van der Waals surface area contributed by atoms with Crippen LogP contribution in [0.2, 0.25) is 0 Å². The lowest BCUT2D eigenvalue weighted by Gasteiger charge is -2.08. The van der Waals surface area contributed by atoms with Crippen molar-refractivity contribution < 1.29 is 9.53 Å². The third kappa shape index (κ3) is 4.35. The quantitative estimate of drug-likeness (QED) is 0.466. The van der Waals surface area contributed by atoms with Gasteiger partial charge in [-0.15, -0.1) is 11.3 Å². The van der Waals surface area contributed by atoms with Crippen LogP contribution in [-0.2, 0) is 13.1 Å². The predicted octanol–water partition coefficient (Wildman–Crippen LogP) is 2.94. The van der Waals surface area contributed by atoms with Crippen molar-refractivity contribution in [3.05, 3.63) is 64.7 Å². The number of hydrogen-bond acceptors (Lipinski definition) is 7. The molecular formula is C20H20N6O2S. The summed E-state index contributed by atoms with van der Waals surface area (Å²) in [6, 6.07) is 11.1. The minimum absolute atomic E-state index is 0.142. The number of nitrogens with zero attached hydrogens (tertiary/aromatic N) is 4. The monoisotopic (exact) mass is 408 g/mol. The molecule has 0 atom stereocenters. The number of nitrogens with one attached hydrogen (secondary N) is 2. The van der Waals surface area contributed by atoms with Gasteiger partial charge in [0.15, 0.2) is 5.65 Å². The Kier molecular flexibility index (Phi) is 5.66. The number of ether oxygens (including phenoxy) is 1. The normalized spacial score (nSPS) is 10.8. The molecule has 8 nitrogen and oxygen atoms in total. The molecule has 0 aliphatic heterocycles. The summed E-state index contributed by atoms with van der Waals surface area (Å²) in [5, 5.41) is 13.5. The van der Waals surface area contributed by atoms with E-state index in [0.29, 0.717) is 30.9 Å². The van der Waals surface area contributed by atoms with E-state index in [0.717, 1.165) is 16.9 Å².